The Kier molecular flexibility index (Phi) is 10.5. The Balaban J connectivity index is 0.00000160. The third kappa shape index (κ3) is 6.19. The highest BCUT2D eigenvalue weighted by Crippen LogP contribution is 2.71. The number of rotatable bonds is 5. The van der Waals surface area contributed by atoms with Gasteiger partial charge in [-0.2, -0.15) is 9.59 Å². The number of hydrogen-bond acceptors (Lipinski definition) is 10. The van der Waals surface area contributed by atoms with Gasteiger partial charge in [0.25, 0.3) is 0 Å². The van der Waals surface area contributed by atoms with Gasteiger partial charge in [-0.25, -0.2) is 4.79 Å². The van der Waals surface area contributed by atoms with E-state index in [1.54, 1.807) is 0 Å². The van der Waals surface area contributed by atoms with Gasteiger partial charge >= 0.3 is 18.1 Å². The largest absolute Gasteiger partial charge is 0.456 e. The highest BCUT2D eigenvalue weighted by atomic mass is 16.6. The number of ether oxygens (including phenoxy) is 4. The van der Waals surface area contributed by atoms with Crippen molar-refractivity contribution in [2.45, 2.75) is 135 Å². The predicted octanol–water partition coefficient (Wildman–Crippen LogP) is 6.30. The summed E-state index contributed by atoms with van der Waals surface area (Å²) in [6.45, 7) is 18.2. The molecule has 2 aromatic carbocycles. The minimum Gasteiger partial charge on any atom is -0.456 e. The van der Waals surface area contributed by atoms with E-state index in [1.165, 1.54) is 6.92 Å². The molecule has 7 rings (SSSR count). The molecule has 10 nitrogen and oxygen atoms in total. The minimum absolute atomic E-state index is 0.0296. The molecule has 0 spiro atoms. The smallest absolute Gasteiger partial charge is 0.373 e. The van der Waals surface area contributed by atoms with Gasteiger partial charge in [-0.1, -0.05) is 95.3 Å². The van der Waals surface area contributed by atoms with E-state index in [0.29, 0.717) is 24.2 Å². The molecule has 0 radical (unpaired) electrons. The van der Waals surface area contributed by atoms with Gasteiger partial charge in [-0.15, -0.1) is 0 Å². The van der Waals surface area contributed by atoms with Crippen LogP contribution in [0.25, 0.3) is 0 Å². The van der Waals surface area contributed by atoms with Gasteiger partial charge in [0.15, 0.2) is 12.2 Å². The van der Waals surface area contributed by atoms with Gasteiger partial charge in [0.2, 0.25) is 0 Å². The van der Waals surface area contributed by atoms with E-state index in [9.17, 15) is 19.8 Å². The number of fused-ring (bicyclic) bond motifs is 5. The molecular formula is C44H56O10. The number of carbonyl (C=O) groups is 2. The van der Waals surface area contributed by atoms with Crippen LogP contribution in [0.5, 0.6) is 0 Å². The minimum atomic E-state index is -1.51. The van der Waals surface area contributed by atoms with Gasteiger partial charge in [0.1, 0.15) is 12.2 Å². The van der Waals surface area contributed by atoms with Crippen LogP contribution in [0.3, 0.4) is 0 Å². The summed E-state index contributed by atoms with van der Waals surface area (Å²) in [4.78, 5) is 43.6. The molecule has 2 heterocycles. The maximum Gasteiger partial charge on any atom is 0.373 e. The van der Waals surface area contributed by atoms with Crippen molar-refractivity contribution in [3.63, 3.8) is 0 Å². The molecule has 1 unspecified atom stereocenters. The normalized spacial score (nSPS) is 40.2. The van der Waals surface area contributed by atoms with Crippen molar-refractivity contribution >= 4 is 18.1 Å². The Labute approximate surface area is 318 Å². The lowest BCUT2D eigenvalue weighted by molar-refractivity contribution is -0.310. The number of hydrogen-bond donors (Lipinski definition) is 2. The van der Waals surface area contributed by atoms with E-state index in [1.807, 2.05) is 83.1 Å². The lowest BCUT2D eigenvalue weighted by atomic mass is 9.38. The lowest BCUT2D eigenvalue weighted by Gasteiger charge is -2.71. The zero-order chi connectivity index (χ0) is 39.6. The van der Waals surface area contributed by atoms with E-state index in [0.717, 1.165) is 17.5 Å². The molecular weight excluding hydrogens is 688 g/mol. The summed E-state index contributed by atoms with van der Waals surface area (Å²) >= 11 is 0. The molecule has 2 saturated carbocycles. The second kappa shape index (κ2) is 14.1. The van der Waals surface area contributed by atoms with Crippen molar-refractivity contribution < 1.29 is 48.3 Å². The molecule has 3 aliphatic carbocycles. The quantitative estimate of drug-likeness (QED) is 0.264. The fourth-order valence-corrected chi connectivity index (χ4v) is 11.4. The number of aliphatic hydroxyl groups is 2. The van der Waals surface area contributed by atoms with Crippen molar-refractivity contribution in [3.8, 4) is 0 Å². The number of aliphatic hydroxyl groups excluding tert-OH is 1. The van der Waals surface area contributed by atoms with Crippen LogP contribution in [-0.4, -0.2) is 76.6 Å². The monoisotopic (exact) mass is 744 g/mol. The van der Waals surface area contributed by atoms with E-state index in [-0.39, 0.29) is 41.8 Å². The summed E-state index contributed by atoms with van der Waals surface area (Å²) in [5.74, 6) is -2.03. The first-order chi connectivity index (χ1) is 25.3. The molecule has 2 bridgehead atoms. The van der Waals surface area contributed by atoms with Crippen LogP contribution in [0.2, 0.25) is 0 Å². The summed E-state index contributed by atoms with van der Waals surface area (Å²) < 4.78 is 25.4. The second-order valence-electron chi connectivity index (χ2n) is 18.0. The third-order valence-corrected chi connectivity index (χ3v) is 14.3. The van der Waals surface area contributed by atoms with Crippen LogP contribution >= 0.6 is 0 Å². The van der Waals surface area contributed by atoms with Gasteiger partial charge in [0.05, 0.1) is 23.9 Å². The Morgan fingerprint density at radius 2 is 1.46 bits per heavy atom. The van der Waals surface area contributed by atoms with E-state index in [2.05, 4.69) is 32.9 Å². The fraction of sp³-hybridized carbons (Fsp3) is 0.614. The highest BCUT2D eigenvalue weighted by molar-refractivity contribution is 5.77. The molecule has 0 aromatic heterocycles. The van der Waals surface area contributed by atoms with Crippen LogP contribution in [-0.2, 0) is 38.1 Å². The lowest BCUT2D eigenvalue weighted by Crippen LogP contribution is -2.74. The molecule has 10 heteroatoms. The van der Waals surface area contributed by atoms with Crippen LogP contribution in [0.15, 0.2) is 71.8 Å². The number of benzene rings is 2. The zero-order valence-electron chi connectivity index (χ0n) is 33.0. The fourth-order valence-electron chi connectivity index (χ4n) is 11.4. The first kappa shape index (κ1) is 40.0. The molecule has 12 atom stereocenters. The van der Waals surface area contributed by atoms with Crippen LogP contribution in [0.1, 0.15) is 105 Å². The Hall–Kier alpha value is -3.66. The SMILES string of the molecule is CC(=O)O[C@@H]1C2=C(C)[C@@H](OC(=O)[C@@H]3OC(C)(C)C[C@H]3c3ccccc3)C[C@@](O)([C@@H](c3ccccc3)C3[C@@](C)([C@@H](C)C[C@H]4OC[C@@]34C)[C@H]1O)C2(C)C.O=C=O. The van der Waals surface area contributed by atoms with Gasteiger partial charge in [-0.05, 0) is 67.7 Å². The Morgan fingerprint density at radius 3 is 2.00 bits per heavy atom. The zero-order valence-corrected chi connectivity index (χ0v) is 33.0. The van der Waals surface area contributed by atoms with Crippen molar-refractivity contribution in [3.05, 3.63) is 82.9 Å². The standard InChI is InChI=1S/C43H56O8.CO2/c1-24-20-31-41(8,23-48-31)36-33(28-18-14-11-15-19-28)43(47)22-30(25(2)32(40(43,6)7)35(49-26(3)44)37(45)42(24,36)9)50-38(46)34-29(21-39(4,5)51-34)27-16-12-10-13-17-27;2-1-3/h10-19,24,29-31,33-37,45,47H,20-23H2,1-9H3;/t24-,29-,30-,31+,33-,34+,35+,36?,37-,41+,42+,43+;/m0./s1. The number of esters is 2. The summed E-state index contributed by atoms with van der Waals surface area (Å²) in [5, 5.41) is 26.7. The van der Waals surface area contributed by atoms with E-state index >= 15 is 0 Å². The maximum absolute atomic E-state index is 14.4. The molecule has 2 aromatic rings. The maximum atomic E-state index is 14.4. The summed E-state index contributed by atoms with van der Waals surface area (Å²) in [7, 11) is 0. The van der Waals surface area contributed by atoms with Gasteiger partial charge in [0, 0.05) is 41.4 Å². The molecule has 0 amide bonds. The molecule has 2 aliphatic heterocycles. The van der Waals surface area contributed by atoms with Crippen LogP contribution in [0, 0.1) is 28.1 Å². The first-order valence-corrected chi connectivity index (χ1v) is 19.2. The predicted molar refractivity (Wildman–Crippen MR) is 198 cm³/mol. The first-order valence-electron chi connectivity index (χ1n) is 19.2. The van der Waals surface area contributed by atoms with Gasteiger partial charge < -0.3 is 29.2 Å². The topological polar surface area (TPSA) is 146 Å². The van der Waals surface area contributed by atoms with Crippen molar-refractivity contribution in [1.82, 2.24) is 0 Å². The molecule has 2 N–H and O–H groups in total. The second-order valence-corrected chi connectivity index (χ2v) is 18.0. The summed E-state index contributed by atoms with van der Waals surface area (Å²) in [6.07, 6.45) is -2.18. The average molecular weight is 745 g/mol. The molecule has 4 fully saturated rings. The Morgan fingerprint density at radius 1 is 0.889 bits per heavy atom. The van der Waals surface area contributed by atoms with Crippen LogP contribution in [0.4, 0.5) is 0 Å². The molecule has 2 saturated heterocycles. The van der Waals surface area contributed by atoms with Gasteiger partial charge in [-0.3, -0.25) is 4.79 Å². The molecule has 292 valence electrons. The Bertz CT molecular complexity index is 1800. The summed E-state index contributed by atoms with van der Waals surface area (Å²) in [5.41, 5.74) is -0.990. The number of carbonyl (C=O) groups excluding carboxylic acids is 4. The van der Waals surface area contributed by atoms with E-state index < -0.39 is 64.3 Å². The van der Waals surface area contributed by atoms with E-state index in [4.69, 9.17) is 28.5 Å². The molecule has 5 aliphatic rings. The third-order valence-electron chi connectivity index (χ3n) is 14.3. The van der Waals surface area contributed by atoms with Crippen molar-refractivity contribution in [2.24, 2.45) is 28.1 Å². The van der Waals surface area contributed by atoms with Crippen LogP contribution < -0.4 is 0 Å². The summed E-state index contributed by atoms with van der Waals surface area (Å²) in [6, 6.07) is 20.0. The molecule has 54 heavy (non-hydrogen) atoms. The van der Waals surface area contributed by atoms with Crippen molar-refractivity contribution in [2.75, 3.05) is 6.61 Å². The van der Waals surface area contributed by atoms with Crippen molar-refractivity contribution in [1.29, 1.82) is 0 Å². The highest BCUT2D eigenvalue weighted by Gasteiger charge is 2.73. The average Bonchev–Trinajstić information content (AvgIpc) is 3.45.